The lowest BCUT2D eigenvalue weighted by molar-refractivity contribution is -0.110. The van der Waals surface area contributed by atoms with Crippen LogP contribution in [0.4, 0.5) is 5.69 Å². The number of rotatable bonds is 5. The predicted molar refractivity (Wildman–Crippen MR) is 108 cm³/mol. The standard InChI is InChI=1S/C14H16N2O2.C8H8N2/c15-9-11-1-5-13(6-2-11)18-14-7-3-12(4-8-14)16-10-17;1-10-8-4-2-7(6-9)3-5-8/h1-2,5-6,10,12,14H,3-4,7-8H2,(H,16,17);2-5,10H,1H3. The van der Waals surface area contributed by atoms with E-state index in [1.165, 1.54) is 0 Å². The minimum absolute atomic E-state index is 0.211. The largest absolute Gasteiger partial charge is 0.490 e. The Morgan fingerprint density at radius 2 is 1.46 bits per heavy atom. The first kappa shape index (κ1) is 20.8. The number of hydrogen-bond acceptors (Lipinski definition) is 5. The lowest BCUT2D eigenvalue weighted by atomic mass is 9.93. The van der Waals surface area contributed by atoms with Gasteiger partial charge in [0.05, 0.1) is 29.4 Å². The van der Waals surface area contributed by atoms with E-state index in [0.717, 1.165) is 43.5 Å². The normalized spacial score (nSPS) is 17.7. The number of ether oxygens (including phenoxy) is 1. The van der Waals surface area contributed by atoms with Crippen LogP contribution < -0.4 is 15.4 Å². The maximum absolute atomic E-state index is 10.3. The molecule has 0 unspecified atom stereocenters. The second kappa shape index (κ2) is 11.3. The molecule has 0 spiro atoms. The molecule has 0 heterocycles. The maximum Gasteiger partial charge on any atom is 0.207 e. The fraction of sp³-hybridized carbons (Fsp3) is 0.318. The number of nitrogens with one attached hydrogen (secondary N) is 2. The number of carbonyl (C=O) groups excluding carboxylic acids is 1. The Bertz CT molecular complexity index is 812. The summed E-state index contributed by atoms with van der Waals surface area (Å²) in [6.45, 7) is 0. The molecule has 2 aromatic carbocycles. The van der Waals surface area contributed by atoms with Gasteiger partial charge in [0.2, 0.25) is 6.41 Å². The van der Waals surface area contributed by atoms with E-state index in [0.29, 0.717) is 17.2 Å². The summed E-state index contributed by atoms with van der Waals surface area (Å²) in [6.07, 6.45) is 4.80. The second-order valence-corrected chi connectivity index (χ2v) is 6.45. The molecule has 6 heteroatoms. The minimum atomic E-state index is 0.211. The van der Waals surface area contributed by atoms with Crippen LogP contribution in [0.2, 0.25) is 0 Å². The average Bonchev–Trinajstić information content (AvgIpc) is 2.76. The van der Waals surface area contributed by atoms with E-state index in [-0.39, 0.29) is 6.10 Å². The molecule has 3 rings (SSSR count). The summed E-state index contributed by atoms with van der Waals surface area (Å²) in [5, 5.41) is 22.9. The molecule has 28 heavy (non-hydrogen) atoms. The molecule has 1 fully saturated rings. The molecule has 1 aliphatic rings. The third-order valence-electron chi connectivity index (χ3n) is 4.57. The third kappa shape index (κ3) is 6.66. The minimum Gasteiger partial charge on any atom is -0.490 e. The van der Waals surface area contributed by atoms with Gasteiger partial charge in [-0.25, -0.2) is 0 Å². The first-order valence-electron chi connectivity index (χ1n) is 9.23. The van der Waals surface area contributed by atoms with Gasteiger partial charge < -0.3 is 15.4 Å². The molecule has 0 saturated heterocycles. The topological polar surface area (TPSA) is 97.9 Å². The molecule has 2 aromatic rings. The van der Waals surface area contributed by atoms with Crippen molar-refractivity contribution in [3.8, 4) is 17.9 Å². The summed E-state index contributed by atoms with van der Waals surface area (Å²) in [5.74, 6) is 0.806. The molecule has 0 aromatic heterocycles. The van der Waals surface area contributed by atoms with Crippen molar-refractivity contribution in [3.63, 3.8) is 0 Å². The van der Waals surface area contributed by atoms with E-state index in [4.69, 9.17) is 15.3 Å². The van der Waals surface area contributed by atoms with Gasteiger partial charge in [0.1, 0.15) is 5.75 Å². The molecular weight excluding hydrogens is 352 g/mol. The Morgan fingerprint density at radius 3 is 1.93 bits per heavy atom. The van der Waals surface area contributed by atoms with Gasteiger partial charge in [0.15, 0.2) is 0 Å². The monoisotopic (exact) mass is 376 g/mol. The van der Waals surface area contributed by atoms with Crippen molar-refractivity contribution in [3.05, 3.63) is 59.7 Å². The van der Waals surface area contributed by atoms with Crippen LogP contribution >= 0.6 is 0 Å². The number of benzene rings is 2. The zero-order chi connectivity index (χ0) is 20.2. The van der Waals surface area contributed by atoms with Crippen LogP contribution in [-0.4, -0.2) is 25.6 Å². The molecule has 0 aliphatic heterocycles. The summed E-state index contributed by atoms with van der Waals surface area (Å²) in [4.78, 5) is 10.3. The highest BCUT2D eigenvalue weighted by Gasteiger charge is 2.21. The van der Waals surface area contributed by atoms with Crippen LogP contribution in [0.3, 0.4) is 0 Å². The number of anilines is 1. The number of nitrogens with zero attached hydrogens (tertiary/aromatic N) is 2. The Balaban J connectivity index is 0.000000237. The van der Waals surface area contributed by atoms with Gasteiger partial charge in [-0.1, -0.05) is 0 Å². The average molecular weight is 376 g/mol. The van der Waals surface area contributed by atoms with Crippen LogP contribution in [0, 0.1) is 22.7 Å². The summed E-state index contributed by atoms with van der Waals surface area (Å²) in [6, 6.07) is 18.9. The van der Waals surface area contributed by atoms with Crippen LogP contribution in [0.1, 0.15) is 36.8 Å². The smallest absolute Gasteiger partial charge is 0.207 e. The van der Waals surface area contributed by atoms with E-state index in [1.807, 2.05) is 31.3 Å². The van der Waals surface area contributed by atoms with Crippen molar-refractivity contribution in [1.82, 2.24) is 5.32 Å². The van der Waals surface area contributed by atoms with Gasteiger partial charge in [-0.15, -0.1) is 0 Å². The molecule has 2 N–H and O–H groups in total. The zero-order valence-electron chi connectivity index (χ0n) is 15.9. The van der Waals surface area contributed by atoms with Gasteiger partial charge >= 0.3 is 0 Å². The maximum atomic E-state index is 10.3. The van der Waals surface area contributed by atoms with E-state index in [9.17, 15) is 4.79 Å². The van der Waals surface area contributed by atoms with E-state index in [1.54, 1.807) is 24.3 Å². The highest BCUT2D eigenvalue weighted by molar-refractivity contribution is 5.47. The van der Waals surface area contributed by atoms with Gasteiger partial charge in [0.25, 0.3) is 0 Å². The Kier molecular flexibility index (Phi) is 8.36. The summed E-state index contributed by atoms with van der Waals surface area (Å²) < 4.78 is 5.86. The van der Waals surface area contributed by atoms with Crippen molar-refractivity contribution in [2.45, 2.75) is 37.8 Å². The zero-order valence-corrected chi connectivity index (χ0v) is 15.9. The lowest BCUT2D eigenvalue weighted by Gasteiger charge is -2.28. The van der Waals surface area contributed by atoms with Crippen LogP contribution in [0.25, 0.3) is 0 Å². The third-order valence-corrected chi connectivity index (χ3v) is 4.57. The van der Waals surface area contributed by atoms with E-state index in [2.05, 4.69) is 22.8 Å². The predicted octanol–water partition coefficient (Wildman–Crippen LogP) is 3.59. The Hall–Kier alpha value is -3.51. The highest BCUT2D eigenvalue weighted by atomic mass is 16.5. The Morgan fingerprint density at radius 1 is 0.929 bits per heavy atom. The lowest BCUT2D eigenvalue weighted by Crippen LogP contribution is -2.35. The number of nitriles is 2. The first-order chi connectivity index (χ1) is 13.7. The number of amides is 1. The van der Waals surface area contributed by atoms with Crippen molar-refractivity contribution >= 4 is 12.1 Å². The fourth-order valence-electron chi connectivity index (χ4n) is 2.96. The Labute approximate surface area is 165 Å². The van der Waals surface area contributed by atoms with Crippen molar-refractivity contribution in [1.29, 1.82) is 10.5 Å². The van der Waals surface area contributed by atoms with E-state index < -0.39 is 0 Å². The molecular formula is C22H24N4O2. The van der Waals surface area contributed by atoms with Gasteiger partial charge in [-0.05, 0) is 74.2 Å². The van der Waals surface area contributed by atoms with Crippen molar-refractivity contribution in [2.24, 2.45) is 0 Å². The van der Waals surface area contributed by atoms with Crippen molar-refractivity contribution in [2.75, 3.05) is 12.4 Å². The van der Waals surface area contributed by atoms with Gasteiger partial charge in [-0.2, -0.15) is 10.5 Å². The summed E-state index contributed by atoms with van der Waals surface area (Å²) in [5.41, 5.74) is 2.36. The molecule has 0 bridgehead atoms. The van der Waals surface area contributed by atoms with Crippen LogP contribution in [0.5, 0.6) is 5.75 Å². The van der Waals surface area contributed by atoms with Crippen molar-refractivity contribution < 1.29 is 9.53 Å². The van der Waals surface area contributed by atoms with Gasteiger partial charge in [-0.3, -0.25) is 4.79 Å². The quantitative estimate of drug-likeness (QED) is 0.777. The second-order valence-electron chi connectivity index (χ2n) is 6.45. The van der Waals surface area contributed by atoms with E-state index >= 15 is 0 Å². The van der Waals surface area contributed by atoms with Crippen LogP contribution in [-0.2, 0) is 4.79 Å². The number of carbonyl (C=O) groups is 1. The number of hydrogen-bond donors (Lipinski definition) is 2. The molecule has 0 radical (unpaired) electrons. The SMILES string of the molecule is CNc1ccc(C#N)cc1.N#Cc1ccc(OC2CCC(NC=O)CC2)cc1. The molecule has 1 aliphatic carbocycles. The molecule has 0 atom stereocenters. The first-order valence-corrected chi connectivity index (χ1v) is 9.23. The summed E-state index contributed by atoms with van der Waals surface area (Å²) in [7, 11) is 1.85. The molecule has 1 amide bonds. The van der Waals surface area contributed by atoms with Gasteiger partial charge in [0, 0.05) is 18.8 Å². The molecule has 1 saturated carbocycles. The van der Waals surface area contributed by atoms with Crippen LogP contribution in [0.15, 0.2) is 48.5 Å². The molecule has 144 valence electrons. The summed E-state index contributed by atoms with van der Waals surface area (Å²) >= 11 is 0. The highest BCUT2D eigenvalue weighted by Crippen LogP contribution is 2.23. The fourth-order valence-corrected chi connectivity index (χ4v) is 2.96. The molecule has 6 nitrogen and oxygen atoms in total.